The Labute approximate surface area is 153 Å². The summed E-state index contributed by atoms with van der Waals surface area (Å²) in [7, 11) is -3.64. The molecule has 7 heteroatoms. The van der Waals surface area contributed by atoms with Gasteiger partial charge in [-0.05, 0) is 55.7 Å². The highest BCUT2D eigenvalue weighted by atomic mass is 32.2. The maximum Gasteiger partial charge on any atom is 0.328 e. The fraction of sp³-hybridized carbons (Fsp3) is 0.263. The highest BCUT2D eigenvalue weighted by Crippen LogP contribution is 2.15. The average Bonchev–Trinajstić information content (AvgIpc) is 2.91. The van der Waals surface area contributed by atoms with Gasteiger partial charge in [0.25, 0.3) is 11.7 Å². The number of carbonyl (C=O) groups is 1. The van der Waals surface area contributed by atoms with Crippen molar-refractivity contribution in [2.75, 3.05) is 11.9 Å². The zero-order valence-electron chi connectivity index (χ0n) is 14.4. The number of amidine groups is 1. The predicted molar refractivity (Wildman–Crippen MR) is 100 cm³/mol. The quantitative estimate of drug-likeness (QED) is 0.755. The second kappa shape index (κ2) is 8.14. The summed E-state index contributed by atoms with van der Waals surface area (Å²) in [6.07, 6.45) is 3.80. The van der Waals surface area contributed by atoms with E-state index in [0.29, 0.717) is 23.5 Å². The lowest BCUT2D eigenvalue weighted by Crippen LogP contribution is -2.76. The van der Waals surface area contributed by atoms with E-state index >= 15 is 0 Å². The van der Waals surface area contributed by atoms with Gasteiger partial charge in [-0.3, -0.25) is 9.79 Å². The number of amides is 1. The number of benzene rings is 2. The van der Waals surface area contributed by atoms with Crippen molar-refractivity contribution in [3.63, 3.8) is 0 Å². The predicted octanol–water partition coefficient (Wildman–Crippen LogP) is 1.27. The Kier molecular flexibility index (Phi) is 5.68. The van der Waals surface area contributed by atoms with E-state index in [1.807, 2.05) is 6.07 Å². The van der Waals surface area contributed by atoms with Crippen LogP contribution in [-0.4, -0.2) is 26.7 Å². The van der Waals surface area contributed by atoms with Crippen molar-refractivity contribution >= 4 is 27.5 Å². The summed E-state index contributed by atoms with van der Waals surface area (Å²) in [6.45, 7) is 0.780. The van der Waals surface area contributed by atoms with Crippen molar-refractivity contribution in [3.05, 3.63) is 60.2 Å². The fourth-order valence-electron chi connectivity index (χ4n) is 2.75. The van der Waals surface area contributed by atoms with Gasteiger partial charge in [-0.15, -0.1) is 0 Å². The van der Waals surface area contributed by atoms with Gasteiger partial charge in [0.15, 0.2) is 0 Å². The Morgan fingerprint density at radius 2 is 1.65 bits per heavy atom. The van der Waals surface area contributed by atoms with Gasteiger partial charge in [-0.1, -0.05) is 18.2 Å². The molecule has 0 saturated carbocycles. The van der Waals surface area contributed by atoms with Crippen LogP contribution in [0.2, 0.25) is 0 Å². The largest absolute Gasteiger partial charge is 0.328 e. The Morgan fingerprint density at radius 1 is 0.923 bits per heavy atom. The molecule has 3 rings (SSSR count). The second-order valence-electron chi connectivity index (χ2n) is 6.17. The maximum atomic E-state index is 12.5. The van der Waals surface area contributed by atoms with E-state index < -0.39 is 10.0 Å². The molecular formula is C19H22N3O3S+. The molecule has 26 heavy (non-hydrogen) atoms. The Balaban J connectivity index is 1.68. The standard InChI is InChI=1S/C19H21N3O3S/c23-19(15-7-3-1-4-8-15)21-16-10-12-17(13-11-16)26(24,25)22-18-9-5-2-6-14-20-18/h1,3-4,7-8,10-13H,2,5-6,9,14H2,(H,20,22)(H,21,23)/p+1. The smallest absolute Gasteiger partial charge is 0.322 e. The van der Waals surface area contributed by atoms with Gasteiger partial charge < -0.3 is 5.32 Å². The van der Waals surface area contributed by atoms with Crippen LogP contribution in [0.15, 0.2) is 59.5 Å². The van der Waals surface area contributed by atoms with E-state index in [2.05, 4.69) is 15.0 Å². The summed E-state index contributed by atoms with van der Waals surface area (Å²) in [6, 6.07) is 15.0. The third kappa shape index (κ3) is 4.70. The number of anilines is 1. The van der Waals surface area contributed by atoms with Crippen molar-refractivity contribution in [2.45, 2.75) is 30.6 Å². The first-order valence-corrected chi connectivity index (χ1v) is 10.1. The Hall–Kier alpha value is -2.67. The van der Waals surface area contributed by atoms with Crippen molar-refractivity contribution in [1.29, 1.82) is 0 Å². The molecule has 136 valence electrons. The molecule has 2 aromatic rings. The lowest BCUT2D eigenvalue weighted by molar-refractivity contribution is -0.459. The van der Waals surface area contributed by atoms with E-state index in [1.165, 1.54) is 12.1 Å². The zero-order valence-corrected chi connectivity index (χ0v) is 15.2. The molecule has 0 fully saturated rings. The average molecular weight is 372 g/mol. The van der Waals surface area contributed by atoms with Gasteiger partial charge >= 0.3 is 10.0 Å². The van der Waals surface area contributed by atoms with Crippen LogP contribution in [0.3, 0.4) is 0 Å². The minimum atomic E-state index is -3.64. The lowest BCUT2D eigenvalue weighted by atomic mass is 10.2. The Bertz CT molecular complexity index is 891. The highest BCUT2D eigenvalue weighted by Gasteiger charge is 2.23. The van der Waals surface area contributed by atoms with Gasteiger partial charge in [0.2, 0.25) is 0 Å². The minimum Gasteiger partial charge on any atom is -0.322 e. The Morgan fingerprint density at radius 3 is 2.38 bits per heavy atom. The van der Waals surface area contributed by atoms with Crippen molar-refractivity contribution in [2.24, 2.45) is 0 Å². The molecular weight excluding hydrogens is 350 g/mol. The SMILES string of the molecule is O=C(Nc1ccc(S(=O)(=O)NC2=[NH+]CCCCC2)cc1)c1ccccc1. The van der Waals surface area contributed by atoms with Crippen LogP contribution in [0, 0.1) is 0 Å². The third-order valence-electron chi connectivity index (χ3n) is 4.16. The van der Waals surface area contributed by atoms with Crippen molar-refractivity contribution < 1.29 is 18.2 Å². The van der Waals surface area contributed by atoms with Crippen molar-refractivity contribution in [3.8, 4) is 0 Å². The number of sulfonamides is 1. The summed E-state index contributed by atoms with van der Waals surface area (Å²) >= 11 is 0. The molecule has 1 amide bonds. The van der Waals surface area contributed by atoms with Crippen LogP contribution in [0.1, 0.15) is 36.0 Å². The first-order valence-electron chi connectivity index (χ1n) is 8.63. The monoisotopic (exact) mass is 372 g/mol. The first-order chi connectivity index (χ1) is 12.5. The molecule has 3 N–H and O–H groups in total. The normalized spacial score (nSPS) is 14.8. The van der Waals surface area contributed by atoms with Gasteiger partial charge in [0, 0.05) is 17.7 Å². The molecule has 1 aliphatic heterocycles. The number of rotatable bonds is 4. The lowest BCUT2D eigenvalue weighted by Gasteiger charge is -2.07. The van der Waals surface area contributed by atoms with Crippen LogP contribution in [0.25, 0.3) is 0 Å². The van der Waals surface area contributed by atoms with E-state index in [4.69, 9.17) is 0 Å². The van der Waals surface area contributed by atoms with Crippen LogP contribution >= 0.6 is 0 Å². The van der Waals surface area contributed by atoms with Crippen LogP contribution in [-0.2, 0) is 10.0 Å². The number of carbonyl (C=O) groups excluding carboxylic acids is 1. The molecule has 1 aliphatic rings. The zero-order chi connectivity index (χ0) is 18.4. The minimum absolute atomic E-state index is 0.161. The summed E-state index contributed by atoms with van der Waals surface area (Å²) < 4.78 is 27.6. The number of hydrogen-bond donors (Lipinski definition) is 3. The van der Waals surface area contributed by atoms with Crippen LogP contribution in [0.5, 0.6) is 0 Å². The fourth-order valence-corrected chi connectivity index (χ4v) is 3.86. The van der Waals surface area contributed by atoms with Crippen molar-refractivity contribution in [1.82, 2.24) is 4.72 Å². The van der Waals surface area contributed by atoms with Crippen LogP contribution < -0.4 is 15.0 Å². The summed E-state index contributed by atoms with van der Waals surface area (Å²) in [5.74, 6) is 0.404. The molecule has 0 radical (unpaired) electrons. The van der Waals surface area contributed by atoms with E-state index in [-0.39, 0.29) is 10.8 Å². The second-order valence-corrected chi connectivity index (χ2v) is 7.85. The molecule has 0 spiro atoms. The van der Waals surface area contributed by atoms with Gasteiger partial charge in [0.1, 0.15) is 4.90 Å². The van der Waals surface area contributed by atoms with Crippen LogP contribution in [0.4, 0.5) is 5.69 Å². The molecule has 0 unspecified atom stereocenters. The van der Waals surface area contributed by atoms with E-state index in [0.717, 1.165) is 25.8 Å². The third-order valence-corrected chi connectivity index (χ3v) is 5.57. The molecule has 1 heterocycles. The molecule has 0 saturated heterocycles. The topological polar surface area (TPSA) is 89.2 Å². The first kappa shape index (κ1) is 18.1. The summed E-state index contributed by atoms with van der Waals surface area (Å²) in [5.41, 5.74) is 1.08. The molecule has 0 aliphatic carbocycles. The molecule has 0 bridgehead atoms. The molecule has 2 aromatic carbocycles. The molecule has 0 aromatic heterocycles. The maximum absolute atomic E-state index is 12.5. The molecule has 0 atom stereocenters. The number of nitrogens with one attached hydrogen (secondary N) is 3. The molecule has 6 nitrogen and oxygen atoms in total. The van der Waals surface area contributed by atoms with Gasteiger partial charge in [-0.2, -0.15) is 13.1 Å². The highest BCUT2D eigenvalue weighted by molar-refractivity contribution is 7.90. The summed E-state index contributed by atoms with van der Waals surface area (Å²) in [5, 5.41) is 2.75. The van der Waals surface area contributed by atoms with Gasteiger partial charge in [-0.25, -0.2) is 0 Å². The summed E-state index contributed by atoms with van der Waals surface area (Å²) in [4.78, 5) is 15.4. The van der Waals surface area contributed by atoms with E-state index in [9.17, 15) is 13.2 Å². The van der Waals surface area contributed by atoms with Gasteiger partial charge in [0.05, 0.1) is 6.54 Å². The van der Waals surface area contributed by atoms with E-state index in [1.54, 1.807) is 36.4 Å². The number of hydrogen-bond acceptors (Lipinski definition) is 3.